The topological polar surface area (TPSA) is 64.3 Å². The third kappa shape index (κ3) is 3.36. The minimum atomic E-state index is 0.582. The summed E-state index contributed by atoms with van der Waals surface area (Å²) in [5, 5.41) is 8.18. The van der Waals surface area contributed by atoms with Gasteiger partial charge in [-0.25, -0.2) is 14.5 Å². The van der Waals surface area contributed by atoms with E-state index in [1.807, 2.05) is 35.0 Å². The average molecular weight is 385 g/mol. The molecule has 0 amide bonds. The van der Waals surface area contributed by atoms with Crippen LogP contribution in [0.25, 0.3) is 28.2 Å². The zero-order chi connectivity index (χ0) is 19.6. The highest BCUT2D eigenvalue weighted by molar-refractivity contribution is 5.81. The summed E-state index contributed by atoms with van der Waals surface area (Å²) in [6, 6.07) is 16.6. The summed E-state index contributed by atoms with van der Waals surface area (Å²) in [7, 11) is 1.63. The second kappa shape index (κ2) is 7.64. The Morgan fingerprint density at radius 1 is 1.03 bits per heavy atom. The Morgan fingerprint density at radius 2 is 1.90 bits per heavy atom. The van der Waals surface area contributed by atoms with Crippen LogP contribution in [-0.4, -0.2) is 39.8 Å². The molecule has 1 N–H and O–H groups in total. The molecule has 1 fully saturated rings. The van der Waals surface area contributed by atoms with Crippen LogP contribution in [0.4, 0.5) is 0 Å². The Morgan fingerprint density at radius 3 is 2.76 bits per heavy atom. The summed E-state index contributed by atoms with van der Waals surface area (Å²) in [5.74, 6) is 1.91. The number of hydrogen-bond acceptors (Lipinski definition) is 5. The Bertz CT molecular complexity index is 1150. The number of fused-ring (bicyclic) bond motifs is 1. The molecule has 6 nitrogen and oxygen atoms in total. The third-order valence-electron chi connectivity index (χ3n) is 5.57. The lowest BCUT2D eigenvalue weighted by Gasteiger charge is -2.23. The molecule has 146 valence electrons. The van der Waals surface area contributed by atoms with Crippen molar-refractivity contribution in [2.45, 2.75) is 18.8 Å². The lowest BCUT2D eigenvalue weighted by atomic mass is 9.89. The second-order valence-corrected chi connectivity index (χ2v) is 7.34. The molecule has 1 aliphatic heterocycles. The first kappa shape index (κ1) is 17.8. The number of pyridine rings is 2. The largest absolute Gasteiger partial charge is 0.481 e. The van der Waals surface area contributed by atoms with Gasteiger partial charge in [0.15, 0.2) is 11.5 Å². The highest BCUT2D eigenvalue weighted by atomic mass is 16.5. The van der Waals surface area contributed by atoms with Crippen LogP contribution in [0.2, 0.25) is 0 Å². The van der Waals surface area contributed by atoms with Crippen molar-refractivity contribution in [3.8, 4) is 28.4 Å². The Labute approximate surface area is 169 Å². The van der Waals surface area contributed by atoms with E-state index in [9.17, 15) is 0 Å². The number of rotatable bonds is 4. The molecule has 3 aromatic heterocycles. The van der Waals surface area contributed by atoms with Gasteiger partial charge in [0.05, 0.1) is 7.11 Å². The van der Waals surface area contributed by atoms with E-state index in [0.29, 0.717) is 11.8 Å². The molecule has 0 bridgehead atoms. The van der Waals surface area contributed by atoms with E-state index in [2.05, 4.69) is 34.6 Å². The average Bonchev–Trinajstić information content (AvgIpc) is 3.24. The van der Waals surface area contributed by atoms with Gasteiger partial charge in [-0.05, 0) is 67.7 Å². The Hall–Kier alpha value is -3.25. The van der Waals surface area contributed by atoms with Crippen molar-refractivity contribution in [2.75, 3.05) is 20.2 Å². The number of aromatic nitrogens is 4. The number of nitrogens with zero attached hydrogens (tertiary/aromatic N) is 4. The van der Waals surface area contributed by atoms with E-state index in [4.69, 9.17) is 14.8 Å². The lowest BCUT2D eigenvalue weighted by molar-refractivity contribution is 0.399. The molecule has 4 heterocycles. The minimum absolute atomic E-state index is 0.582. The van der Waals surface area contributed by atoms with Crippen molar-refractivity contribution in [1.82, 2.24) is 24.9 Å². The van der Waals surface area contributed by atoms with Gasteiger partial charge < -0.3 is 10.1 Å². The van der Waals surface area contributed by atoms with Gasteiger partial charge in [0, 0.05) is 29.1 Å². The van der Waals surface area contributed by atoms with Crippen LogP contribution in [0.1, 0.15) is 24.3 Å². The van der Waals surface area contributed by atoms with E-state index < -0.39 is 0 Å². The van der Waals surface area contributed by atoms with Crippen LogP contribution >= 0.6 is 0 Å². The van der Waals surface area contributed by atoms with Gasteiger partial charge in [-0.15, -0.1) is 5.10 Å². The molecule has 0 saturated carbocycles. The molecule has 1 aliphatic rings. The predicted octanol–water partition coefficient (Wildman–Crippen LogP) is 3.93. The van der Waals surface area contributed by atoms with Crippen LogP contribution < -0.4 is 10.1 Å². The summed E-state index contributed by atoms with van der Waals surface area (Å²) >= 11 is 0. The molecule has 0 atom stereocenters. The van der Waals surface area contributed by atoms with Gasteiger partial charge in [0.2, 0.25) is 5.88 Å². The van der Waals surface area contributed by atoms with E-state index in [-0.39, 0.29) is 0 Å². The van der Waals surface area contributed by atoms with Gasteiger partial charge in [0.1, 0.15) is 0 Å². The molecule has 5 rings (SSSR count). The molecule has 1 aromatic carbocycles. The Balaban J connectivity index is 1.58. The first-order valence-corrected chi connectivity index (χ1v) is 9.99. The van der Waals surface area contributed by atoms with Crippen molar-refractivity contribution in [1.29, 1.82) is 0 Å². The first-order chi connectivity index (χ1) is 14.3. The minimum Gasteiger partial charge on any atom is -0.481 e. The lowest BCUT2D eigenvalue weighted by Crippen LogP contribution is -2.26. The highest BCUT2D eigenvalue weighted by Gasteiger charge is 2.18. The molecule has 0 radical (unpaired) electrons. The SMILES string of the molecule is COc1ncccc1-c1cccn2nc(-c3cccc(C4CCNCC4)c3)nc12. The molecule has 1 saturated heterocycles. The van der Waals surface area contributed by atoms with Crippen LogP contribution in [0.5, 0.6) is 5.88 Å². The molecule has 0 unspecified atom stereocenters. The monoisotopic (exact) mass is 385 g/mol. The van der Waals surface area contributed by atoms with Gasteiger partial charge in [-0.2, -0.15) is 0 Å². The summed E-state index contributed by atoms with van der Waals surface area (Å²) in [5.41, 5.74) is 5.07. The number of piperidine rings is 1. The number of benzene rings is 1. The maximum absolute atomic E-state index is 5.45. The van der Waals surface area contributed by atoms with Crippen molar-refractivity contribution >= 4 is 5.65 Å². The zero-order valence-electron chi connectivity index (χ0n) is 16.4. The summed E-state index contributed by atoms with van der Waals surface area (Å²) < 4.78 is 7.28. The fraction of sp³-hybridized carbons (Fsp3) is 0.261. The molecular weight excluding hydrogens is 362 g/mol. The highest BCUT2D eigenvalue weighted by Crippen LogP contribution is 2.32. The van der Waals surface area contributed by atoms with Crippen LogP contribution in [0.15, 0.2) is 60.9 Å². The zero-order valence-corrected chi connectivity index (χ0v) is 16.4. The predicted molar refractivity (Wildman–Crippen MR) is 113 cm³/mol. The number of methoxy groups -OCH3 is 1. The van der Waals surface area contributed by atoms with Crippen molar-refractivity contribution in [3.05, 3.63) is 66.5 Å². The third-order valence-corrected chi connectivity index (χ3v) is 5.57. The summed E-state index contributed by atoms with van der Waals surface area (Å²) in [6.45, 7) is 2.16. The first-order valence-electron chi connectivity index (χ1n) is 9.99. The van der Waals surface area contributed by atoms with Gasteiger partial charge in [-0.1, -0.05) is 18.2 Å². The number of hydrogen-bond donors (Lipinski definition) is 1. The van der Waals surface area contributed by atoms with E-state index in [1.54, 1.807) is 13.3 Å². The normalized spacial score (nSPS) is 14.9. The molecule has 0 spiro atoms. The standard InChI is InChI=1S/C23H23N5O/c1-29-23-20(7-3-11-25-23)19-8-4-14-28-22(19)26-21(27-28)18-6-2-5-17(15-18)16-9-12-24-13-10-16/h2-8,11,14-16,24H,9-10,12-13H2,1H3. The number of ether oxygens (including phenoxy) is 1. The van der Waals surface area contributed by atoms with E-state index in [1.165, 1.54) is 18.4 Å². The molecule has 4 aromatic rings. The quantitative estimate of drug-likeness (QED) is 0.577. The van der Waals surface area contributed by atoms with E-state index in [0.717, 1.165) is 41.3 Å². The van der Waals surface area contributed by atoms with Gasteiger partial charge in [0.25, 0.3) is 0 Å². The fourth-order valence-corrected chi connectivity index (χ4v) is 4.08. The molecule has 6 heteroatoms. The smallest absolute Gasteiger partial charge is 0.221 e. The summed E-state index contributed by atoms with van der Waals surface area (Å²) in [4.78, 5) is 9.20. The molecule has 29 heavy (non-hydrogen) atoms. The van der Waals surface area contributed by atoms with Crippen LogP contribution in [0, 0.1) is 0 Å². The second-order valence-electron chi connectivity index (χ2n) is 7.34. The van der Waals surface area contributed by atoms with Gasteiger partial charge in [-0.3, -0.25) is 0 Å². The van der Waals surface area contributed by atoms with Crippen LogP contribution in [-0.2, 0) is 0 Å². The molecule has 0 aliphatic carbocycles. The Kier molecular flexibility index (Phi) is 4.69. The van der Waals surface area contributed by atoms with Gasteiger partial charge >= 0.3 is 0 Å². The fourth-order valence-electron chi connectivity index (χ4n) is 4.08. The van der Waals surface area contributed by atoms with Crippen molar-refractivity contribution in [3.63, 3.8) is 0 Å². The summed E-state index contributed by atoms with van der Waals surface area (Å²) in [6.07, 6.45) is 6.00. The number of nitrogens with one attached hydrogen (secondary N) is 1. The maximum atomic E-state index is 5.45. The van der Waals surface area contributed by atoms with Crippen LogP contribution in [0.3, 0.4) is 0 Å². The van der Waals surface area contributed by atoms with E-state index >= 15 is 0 Å². The maximum Gasteiger partial charge on any atom is 0.221 e. The van der Waals surface area contributed by atoms with Crippen molar-refractivity contribution in [2.24, 2.45) is 0 Å². The van der Waals surface area contributed by atoms with Crippen molar-refractivity contribution < 1.29 is 4.74 Å². The molecular formula is C23H23N5O.